The Hall–Kier alpha value is -3.55. The number of H-pyrrole nitrogens is 2. The number of pyridine rings is 1. The number of nitrogens with zero attached hydrogens (tertiary/aromatic N) is 2. The summed E-state index contributed by atoms with van der Waals surface area (Å²) in [5.74, 6) is 0.600. The molecule has 8 nitrogen and oxygen atoms in total. The van der Waals surface area contributed by atoms with Crippen molar-refractivity contribution in [2.75, 3.05) is 7.11 Å². The summed E-state index contributed by atoms with van der Waals surface area (Å²) in [6.45, 7) is 0. The van der Waals surface area contributed by atoms with Gasteiger partial charge in [0.25, 0.3) is 5.91 Å². The van der Waals surface area contributed by atoms with Crippen molar-refractivity contribution >= 4 is 22.5 Å². The zero-order valence-corrected chi connectivity index (χ0v) is 15.3. The fourth-order valence-electron chi connectivity index (χ4n) is 3.99. The molecule has 0 fully saturated rings. The zero-order chi connectivity index (χ0) is 19.3. The van der Waals surface area contributed by atoms with Gasteiger partial charge in [-0.3, -0.25) is 4.79 Å². The number of hydrogen-bond acceptors (Lipinski definition) is 4. The van der Waals surface area contributed by atoms with Crippen LogP contribution in [0.2, 0.25) is 0 Å². The van der Waals surface area contributed by atoms with Crippen molar-refractivity contribution in [1.29, 1.82) is 0 Å². The summed E-state index contributed by atoms with van der Waals surface area (Å²) < 4.78 is 6.68. The summed E-state index contributed by atoms with van der Waals surface area (Å²) in [7, 11) is 1.66. The Labute approximate surface area is 159 Å². The number of nitrogens with one attached hydrogen (secondary N) is 3. The van der Waals surface area contributed by atoms with Gasteiger partial charge < -0.3 is 15.0 Å². The number of methoxy groups -OCH3 is 1. The smallest absolute Gasteiger partial charge is 0.347 e. The van der Waals surface area contributed by atoms with Crippen LogP contribution in [-0.2, 0) is 6.42 Å². The molecule has 28 heavy (non-hydrogen) atoms. The molecule has 3 aromatic heterocycles. The molecule has 3 heterocycles. The minimum Gasteiger partial charge on any atom is -0.497 e. The van der Waals surface area contributed by atoms with Crippen molar-refractivity contribution in [3.05, 3.63) is 63.8 Å². The standard InChI is InChI=1S/C20H19N5O3/c1-28-12-6-7-15-14(9-12)13-3-2-4-16(18(13)21-15)22-19(26)11-5-8-17-23-24-20(27)25(17)10-11/h5-10,16,21H,2-4H2,1H3,(H,22,26)(H,24,27)/t16-/m1/s1. The van der Waals surface area contributed by atoms with Crippen LogP contribution in [0.25, 0.3) is 16.6 Å². The van der Waals surface area contributed by atoms with Crippen molar-refractivity contribution in [2.45, 2.75) is 25.3 Å². The number of fused-ring (bicyclic) bond motifs is 4. The van der Waals surface area contributed by atoms with Crippen LogP contribution in [-0.4, -0.2) is 32.6 Å². The number of carbonyl (C=O) groups is 1. The summed E-state index contributed by atoms with van der Waals surface area (Å²) in [6, 6.07) is 9.18. The summed E-state index contributed by atoms with van der Waals surface area (Å²) >= 11 is 0. The molecule has 3 N–H and O–H groups in total. The molecule has 0 saturated carbocycles. The Balaban J connectivity index is 1.48. The van der Waals surface area contributed by atoms with E-state index in [2.05, 4.69) is 20.5 Å². The Morgan fingerprint density at radius 3 is 3.07 bits per heavy atom. The van der Waals surface area contributed by atoms with Gasteiger partial charge in [0.1, 0.15) is 5.75 Å². The molecule has 0 unspecified atom stereocenters. The predicted molar refractivity (Wildman–Crippen MR) is 104 cm³/mol. The van der Waals surface area contributed by atoms with E-state index in [1.54, 1.807) is 19.2 Å². The second-order valence-electron chi connectivity index (χ2n) is 7.02. The van der Waals surface area contributed by atoms with Gasteiger partial charge in [0.05, 0.1) is 18.7 Å². The molecule has 142 valence electrons. The second kappa shape index (κ2) is 6.26. The largest absolute Gasteiger partial charge is 0.497 e. The summed E-state index contributed by atoms with van der Waals surface area (Å²) in [5.41, 5.74) is 3.84. The normalized spacial score (nSPS) is 16.2. The minimum atomic E-state index is -0.367. The third-order valence-corrected chi connectivity index (χ3v) is 5.39. The first kappa shape index (κ1) is 16.6. The van der Waals surface area contributed by atoms with Crippen molar-refractivity contribution in [1.82, 2.24) is 24.9 Å². The van der Waals surface area contributed by atoms with E-state index < -0.39 is 0 Å². The Kier molecular flexibility index (Phi) is 3.71. The zero-order valence-electron chi connectivity index (χ0n) is 15.3. The molecule has 1 aliphatic rings. The van der Waals surface area contributed by atoms with Crippen molar-refractivity contribution < 1.29 is 9.53 Å². The molecule has 5 rings (SSSR count). The van der Waals surface area contributed by atoms with Crippen LogP contribution in [0.3, 0.4) is 0 Å². The first-order chi connectivity index (χ1) is 13.6. The predicted octanol–water partition coefficient (Wildman–Crippen LogP) is 2.32. The van der Waals surface area contributed by atoms with Crippen molar-refractivity contribution in [3.8, 4) is 5.75 Å². The van der Waals surface area contributed by atoms with Gasteiger partial charge in [-0.1, -0.05) is 0 Å². The van der Waals surface area contributed by atoms with E-state index in [0.717, 1.165) is 41.6 Å². The molecule has 0 saturated heterocycles. The van der Waals surface area contributed by atoms with Gasteiger partial charge in [0.2, 0.25) is 0 Å². The number of hydrogen-bond donors (Lipinski definition) is 3. The van der Waals surface area contributed by atoms with Gasteiger partial charge in [0, 0.05) is 22.8 Å². The first-order valence-electron chi connectivity index (χ1n) is 9.20. The van der Waals surface area contributed by atoms with Crippen LogP contribution in [0.1, 0.15) is 40.5 Å². The lowest BCUT2D eigenvalue weighted by molar-refractivity contribution is 0.0931. The maximum atomic E-state index is 12.8. The SMILES string of the molecule is COc1ccc2[nH]c3c(c2c1)CCC[C@H]3NC(=O)c1ccc2n[nH]c(=O)n2c1. The van der Waals surface area contributed by atoms with Gasteiger partial charge >= 0.3 is 5.69 Å². The fourth-order valence-corrected chi connectivity index (χ4v) is 3.99. The van der Waals surface area contributed by atoms with Gasteiger partial charge in [-0.25, -0.2) is 14.3 Å². The lowest BCUT2D eigenvalue weighted by Crippen LogP contribution is -2.31. The van der Waals surface area contributed by atoms with Crippen LogP contribution in [0, 0.1) is 0 Å². The van der Waals surface area contributed by atoms with Crippen LogP contribution in [0.4, 0.5) is 0 Å². The number of carbonyl (C=O) groups excluding carboxylic acids is 1. The molecule has 1 atom stereocenters. The average Bonchev–Trinajstić information content (AvgIpc) is 3.28. The highest BCUT2D eigenvalue weighted by Crippen LogP contribution is 2.36. The molecule has 0 spiro atoms. The molecular weight excluding hydrogens is 358 g/mol. The maximum absolute atomic E-state index is 12.8. The Morgan fingerprint density at radius 2 is 2.21 bits per heavy atom. The molecule has 1 aromatic carbocycles. The average molecular weight is 377 g/mol. The van der Waals surface area contributed by atoms with Crippen molar-refractivity contribution in [3.63, 3.8) is 0 Å². The van der Waals surface area contributed by atoms with Gasteiger partial charge in [-0.05, 0) is 55.2 Å². The van der Waals surface area contributed by atoms with E-state index in [-0.39, 0.29) is 17.6 Å². The minimum absolute atomic E-state index is 0.105. The first-order valence-corrected chi connectivity index (χ1v) is 9.20. The van der Waals surface area contributed by atoms with E-state index in [0.29, 0.717) is 11.2 Å². The van der Waals surface area contributed by atoms with Gasteiger partial charge in [-0.15, -0.1) is 0 Å². The van der Waals surface area contributed by atoms with E-state index in [9.17, 15) is 9.59 Å². The Morgan fingerprint density at radius 1 is 1.32 bits per heavy atom. The number of aromatic nitrogens is 4. The number of aryl methyl sites for hydroxylation is 1. The lowest BCUT2D eigenvalue weighted by Gasteiger charge is -2.24. The topological polar surface area (TPSA) is 104 Å². The van der Waals surface area contributed by atoms with E-state index >= 15 is 0 Å². The monoisotopic (exact) mass is 377 g/mol. The van der Waals surface area contributed by atoms with Crippen molar-refractivity contribution in [2.24, 2.45) is 0 Å². The Bertz CT molecular complexity index is 1270. The third-order valence-electron chi connectivity index (χ3n) is 5.39. The molecule has 0 aliphatic heterocycles. The number of ether oxygens (including phenoxy) is 1. The summed E-state index contributed by atoms with van der Waals surface area (Å²) in [5, 5.41) is 10.5. The highest BCUT2D eigenvalue weighted by molar-refractivity contribution is 5.95. The fraction of sp³-hybridized carbons (Fsp3) is 0.250. The van der Waals surface area contributed by atoms with Gasteiger partial charge in [0.15, 0.2) is 5.65 Å². The summed E-state index contributed by atoms with van der Waals surface area (Å²) in [4.78, 5) is 28.0. The van der Waals surface area contributed by atoms with Crippen LogP contribution in [0.15, 0.2) is 41.3 Å². The number of benzene rings is 1. The van der Waals surface area contributed by atoms with Crippen LogP contribution >= 0.6 is 0 Å². The van der Waals surface area contributed by atoms with E-state index in [1.807, 2.05) is 18.2 Å². The van der Waals surface area contributed by atoms with Crippen LogP contribution in [0.5, 0.6) is 5.75 Å². The number of rotatable bonds is 3. The number of amides is 1. The second-order valence-corrected chi connectivity index (χ2v) is 7.02. The summed E-state index contributed by atoms with van der Waals surface area (Å²) in [6.07, 6.45) is 4.32. The number of aromatic amines is 2. The molecule has 8 heteroatoms. The van der Waals surface area contributed by atoms with Gasteiger partial charge in [-0.2, -0.15) is 5.10 Å². The van der Waals surface area contributed by atoms with Crippen LogP contribution < -0.4 is 15.7 Å². The molecule has 4 aromatic rings. The quantitative estimate of drug-likeness (QED) is 0.510. The highest BCUT2D eigenvalue weighted by Gasteiger charge is 2.26. The molecular formula is C20H19N5O3. The lowest BCUT2D eigenvalue weighted by atomic mass is 9.91. The maximum Gasteiger partial charge on any atom is 0.347 e. The molecule has 0 bridgehead atoms. The molecule has 0 radical (unpaired) electrons. The van der Waals surface area contributed by atoms with E-state index in [1.165, 1.54) is 16.2 Å². The molecule has 1 aliphatic carbocycles. The molecule has 1 amide bonds. The highest BCUT2D eigenvalue weighted by atomic mass is 16.5. The van der Waals surface area contributed by atoms with E-state index in [4.69, 9.17) is 4.74 Å². The third kappa shape index (κ3) is 2.57.